The minimum Gasteiger partial charge on any atom is -0.352 e. The first-order valence-corrected chi connectivity index (χ1v) is 5.41. The van der Waals surface area contributed by atoms with E-state index >= 15 is 0 Å². The summed E-state index contributed by atoms with van der Waals surface area (Å²) >= 11 is 0. The first-order chi connectivity index (χ1) is 7.93. The maximum atomic E-state index is 11.5. The van der Waals surface area contributed by atoms with Crippen LogP contribution in [0.1, 0.15) is 26.0 Å². The number of carbonyl (C=O) groups is 1. The summed E-state index contributed by atoms with van der Waals surface area (Å²) in [5, 5.41) is 17.3. The van der Waals surface area contributed by atoms with Crippen LogP contribution in [-0.4, -0.2) is 26.7 Å². The Morgan fingerprint density at radius 1 is 1.71 bits per heavy atom. The maximum absolute atomic E-state index is 11.5. The summed E-state index contributed by atoms with van der Waals surface area (Å²) < 4.78 is 1.28. The second-order valence-corrected chi connectivity index (χ2v) is 3.93. The van der Waals surface area contributed by atoms with Crippen molar-refractivity contribution in [1.29, 1.82) is 0 Å². The molecule has 1 unspecified atom stereocenters. The van der Waals surface area contributed by atoms with Gasteiger partial charge in [0.1, 0.15) is 18.4 Å². The number of nitrogens with zero attached hydrogens (tertiary/aromatic N) is 3. The number of amides is 1. The molecular weight excluding hydrogens is 224 g/mol. The summed E-state index contributed by atoms with van der Waals surface area (Å²) in [6, 6.07) is 0.0918. The van der Waals surface area contributed by atoms with E-state index in [4.69, 9.17) is 0 Å². The van der Waals surface area contributed by atoms with Gasteiger partial charge in [0.05, 0.1) is 4.92 Å². The third-order valence-corrected chi connectivity index (χ3v) is 2.44. The van der Waals surface area contributed by atoms with E-state index in [1.165, 1.54) is 10.9 Å². The van der Waals surface area contributed by atoms with Gasteiger partial charge in [-0.2, -0.15) is 5.10 Å². The number of nitrogens with one attached hydrogen (secondary N) is 1. The third-order valence-electron chi connectivity index (χ3n) is 2.44. The van der Waals surface area contributed by atoms with E-state index in [9.17, 15) is 14.9 Å². The van der Waals surface area contributed by atoms with Crippen LogP contribution in [0.5, 0.6) is 0 Å². The average molecular weight is 240 g/mol. The fraction of sp³-hybridized carbons (Fsp3) is 0.600. The van der Waals surface area contributed by atoms with Gasteiger partial charge < -0.3 is 5.32 Å². The number of nitro groups is 1. The van der Waals surface area contributed by atoms with Crippen molar-refractivity contribution >= 4 is 11.6 Å². The summed E-state index contributed by atoms with van der Waals surface area (Å²) in [6.45, 7) is 5.41. The number of aromatic nitrogens is 2. The van der Waals surface area contributed by atoms with Crippen molar-refractivity contribution in [2.24, 2.45) is 0 Å². The summed E-state index contributed by atoms with van der Waals surface area (Å²) in [5.41, 5.74) is 0.243. The topological polar surface area (TPSA) is 90.1 Å². The molecule has 7 nitrogen and oxygen atoms in total. The lowest BCUT2D eigenvalue weighted by atomic mass is 10.2. The highest BCUT2D eigenvalue weighted by Crippen LogP contribution is 2.14. The smallest absolute Gasteiger partial charge is 0.309 e. The number of rotatable bonds is 5. The van der Waals surface area contributed by atoms with E-state index in [1.54, 1.807) is 6.92 Å². The fourth-order valence-electron chi connectivity index (χ4n) is 1.34. The second-order valence-electron chi connectivity index (χ2n) is 3.93. The molecule has 0 aromatic carbocycles. The Morgan fingerprint density at radius 2 is 2.35 bits per heavy atom. The van der Waals surface area contributed by atoms with Crippen molar-refractivity contribution in [3.63, 3.8) is 0 Å². The zero-order valence-electron chi connectivity index (χ0n) is 10.1. The summed E-state index contributed by atoms with van der Waals surface area (Å²) in [6.07, 6.45) is 2.11. The van der Waals surface area contributed by atoms with Crippen LogP contribution in [0, 0.1) is 17.0 Å². The first kappa shape index (κ1) is 13.1. The van der Waals surface area contributed by atoms with E-state index in [1.807, 2.05) is 13.8 Å². The van der Waals surface area contributed by atoms with Crippen molar-refractivity contribution in [2.45, 2.75) is 39.8 Å². The molecule has 0 aliphatic heterocycles. The molecule has 0 radical (unpaired) electrons. The Hall–Kier alpha value is -1.92. The van der Waals surface area contributed by atoms with E-state index in [0.29, 0.717) is 5.69 Å². The summed E-state index contributed by atoms with van der Waals surface area (Å²) in [7, 11) is 0. The Labute approximate surface area is 99.0 Å². The molecule has 1 heterocycles. The fourth-order valence-corrected chi connectivity index (χ4v) is 1.34. The Bertz CT molecular complexity index is 427. The minimum atomic E-state index is -0.509. The molecule has 0 aliphatic rings. The highest BCUT2D eigenvalue weighted by Gasteiger charge is 2.16. The van der Waals surface area contributed by atoms with Gasteiger partial charge in [-0.05, 0) is 20.3 Å². The van der Waals surface area contributed by atoms with Crippen LogP contribution in [0.3, 0.4) is 0 Å². The van der Waals surface area contributed by atoms with E-state index in [0.717, 1.165) is 6.42 Å². The molecule has 1 N–H and O–H groups in total. The molecule has 0 saturated heterocycles. The molecule has 1 amide bonds. The standard InChI is InChI=1S/C10H16N4O3/c1-4-7(2)11-10(15)6-13-5-9(14(16)17)8(3)12-13/h5,7H,4,6H2,1-3H3,(H,11,15). The molecule has 17 heavy (non-hydrogen) atoms. The van der Waals surface area contributed by atoms with Gasteiger partial charge in [-0.25, -0.2) is 0 Å². The van der Waals surface area contributed by atoms with Crippen molar-refractivity contribution < 1.29 is 9.72 Å². The van der Waals surface area contributed by atoms with Crippen LogP contribution in [-0.2, 0) is 11.3 Å². The van der Waals surface area contributed by atoms with E-state index in [2.05, 4.69) is 10.4 Å². The monoisotopic (exact) mass is 240 g/mol. The van der Waals surface area contributed by atoms with Crippen molar-refractivity contribution in [3.8, 4) is 0 Å². The lowest BCUT2D eigenvalue weighted by molar-refractivity contribution is -0.385. The predicted molar refractivity (Wildman–Crippen MR) is 61.5 cm³/mol. The van der Waals surface area contributed by atoms with Crippen LogP contribution in [0.15, 0.2) is 6.20 Å². The van der Waals surface area contributed by atoms with Crippen LogP contribution < -0.4 is 5.32 Å². The first-order valence-electron chi connectivity index (χ1n) is 5.41. The number of aryl methyl sites for hydroxylation is 1. The third kappa shape index (κ3) is 3.54. The van der Waals surface area contributed by atoms with E-state index < -0.39 is 4.92 Å². The predicted octanol–water partition coefficient (Wildman–Crippen LogP) is 1.01. The van der Waals surface area contributed by atoms with Crippen LogP contribution >= 0.6 is 0 Å². The molecule has 0 saturated carbocycles. The average Bonchev–Trinajstić information content (AvgIpc) is 2.59. The normalized spacial score (nSPS) is 12.2. The van der Waals surface area contributed by atoms with E-state index in [-0.39, 0.29) is 24.2 Å². The molecule has 1 atom stereocenters. The molecule has 0 spiro atoms. The van der Waals surface area contributed by atoms with Crippen molar-refractivity contribution in [1.82, 2.24) is 15.1 Å². The van der Waals surface area contributed by atoms with Gasteiger partial charge in [0.25, 0.3) is 0 Å². The zero-order valence-corrected chi connectivity index (χ0v) is 10.1. The number of carbonyl (C=O) groups excluding carboxylic acids is 1. The molecule has 1 rings (SSSR count). The summed E-state index contributed by atoms with van der Waals surface area (Å²) in [4.78, 5) is 21.6. The Balaban J connectivity index is 2.66. The van der Waals surface area contributed by atoms with Gasteiger partial charge in [0.2, 0.25) is 5.91 Å². The Kier molecular flexibility index (Phi) is 4.19. The van der Waals surface area contributed by atoms with Crippen molar-refractivity contribution in [2.75, 3.05) is 0 Å². The number of hydrogen-bond donors (Lipinski definition) is 1. The summed E-state index contributed by atoms with van der Waals surface area (Å²) in [5.74, 6) is -0.197. The minimum absolute atomic E-state index is 0.000972. The largest absolute Gasteiger partial charge is 0.352 e. The van der Waals surface area contributed by atoms with Gasteiger partial charge in [-0.3, -0.25) is 19.6 Å². The SMILES string of the molecule is CCC(C)NC(=O)Cn1cc([N+](=O)[O-])c(C)n1. The molecule has 7 heteroatoms. The molecule has 94 valence electrons. The lowest BCUT2D eigenvalue weighted by Gasteiger charge is -2.10. The highest BCUT2D eigenvalue weighted by molar-refractivity contribution is 5.75. The Morgan fingerprint density at radius 3 is 2.82 bits per heavy atom. The number of hydrogen-bond acceptors (Lipinski definition) is 4. The van der Waals surface area contributed by atoms with Crippen LogP contribution in [0.2, 0.25) is 0 Å². The molecule has 0 bridgehead atoms. The molecule has 0 aliphatic carbocycles. The highest BCUT2D eigenvalue weighted by atomic mass is 16.6. The van der Waals surface area contributed by atoms with Gasteiger partial charge in [-0.15, -0.1) is 0 Å². The van der Waals surface area contributed by atoms with Gasteiger partial charge in [0.15, 0.2) is 0 Å². The van der Waals surface area contributed by atoms with Crippen LogP contribution in [0.25, 0.3) is 0 Å². The second kappa shape index (κ2) is 5.42. The van der Waals surface area contributed by atoms with Gasteiger partial charge in [0, 0.05) is 6.04 Å². The quantitative estimate of drug-likeness (QED) is 0.614. The maximum Gasteiger partial charge on any atom is 0.309 e. The van der Waals surface area contributed by atoms with Crippen LogP contribution in [0.4, 0.5) is 5.69 Å². The zero-order chi connectivity index (χ0) is 13.0. The van der Waals surface area contributed by atoms with Gasteiger partial charge >= 0.3 is 5.69 Å². The lowest BCUT2D eigenvalue weighted by Crippen LogP contribution is -2.34. The van der Waals surface area contributed by atoms with Crippen molar-refractivity contribution in [3.05, 3.63) is 22.0 Å². The molecule has 1 aromatic rings. The molecular formula is C10H16N4O3. The van der Waals surface area contributed by atoms with Gasteiger partial charge in [-0.1, -0.05) is 6.92 Å². The molecule has 1 aromatic heterocycles. The molecule has 0 fully saturated rings.